The van der Waals surface area contributed by atoms with E-state index in [-0.39, 0.29) is 0 Å². The summed E-state index contributed by atoms with van der Waals surface area (Å²) in [5, 5.41) is 1.06. The van der Waals surface area contributed by atoms with Gasteiger partial charge >= 0.3 is 0 Å². The summed E-state index contributed by atoms with van der Waals surface area (Å²) in [7, 11) is 1.60. The van der Waals surface area contributed by atoms with Crippen LogP contribution in [0.4, 0.5) is 0 Å². The van der Waals surface area contributed by atoms with Crippen molar-refractivity contribution in [3.05, 3.63) is 27.7 Å². The molecule has 0 saturated heterocycles. The van der Waals surface area contributed by atoms with Crippen molar-refractivity contribution in [1.29, 1.82) is 0 Å². The standard InChI is InChI=1S/C11H14Cl2O/c1-3-4-5-8-6-9(12)11(13)10(7-8)14-2/h6-7H,3-5H2,1-2H3. The third-order valence-electron chi connectivity index (χ3n) is 2.09. The van der Waals surface area contributed by atoms with Gasteiger partial charge < -0.3 is 4.74 Å². The van der Waals surface area contributed by atoms with E-state index in [2.05, 4.69) is 6.92 Å². The Bertz CT molecular complexity index is 310. The van der Waals surface area contributed by atoms with Crippen LogP contribution in [0.2, 0.25) is 10.0 Å². The van der Waals surface area contributed by atoms with Crippen molar-refractivity contribution in [2.75, 3.05) is 7.11 Å². The van der Waals surface area contributed by atoms with Crippen LogP contribution in [0.5, 0.6) is 5.75 Å². The molecular weight excluding hydrogens is 219 g/mol. The predicted molar refractivity (Wildman–Crippen MR) is 61.6 cm³/mol. The number of unbranched alkanes of at least 4 members (excludes halogenated alkanes) is 1. The fourth-order valence-electron chi connectivity index (χ4n) is 1.29. The summed E-state index contributed by atoms with van der Waals surface area (Å²) < 4.78 is 5.13. The molecule has 1 nitrogen and oxygen atoms in total. The maximum atomic E-state index is 5.96. The topological polar surface area (TPSA) is 9.23 Å². The molecule has 0 heterocycles. The molecule has 0 amide bonds. The van der Waals surface area contributed by atoms with Crippen molar-refractivity contribution in [3.63, 3.8) is 0 Å². The van der Waals surface area contributed by atoms with E-state index < -0.39 is 0 Å². The number of ether oxygens (including phenoxy) is 1. The van der Waals surface area contributed by atoms with Crippen LogP contribution in [0.15, 0.2) is 12.1 Å². The van der Waals surface area contributed by atoms with Gasteiger partial charge in [0.05, 0.1) is 12.1 Å². The molecule has 0 aliphatic heterocycles. The molecule has 0 fully saturated rings. The largest absolute Gasteiger partial charge is 0.495 e. The first-order valence-electron chi connectivity index (χ1n) is 4.71. The molecule has 0 spiro atoms. The van der Waals surface area contributed by atoms with Crippen LogP contribution in [0.1, 0.15) is 25.3 Å². The lowest BCUT2D eigenvalue weighted by Crippen LogP contribution is -1.90. The zero-order valence-electron chi connectivity index (χ0n) is 8.44. The molecule has 0 aliphatic carbocycles. The molecule has 0 aliphatic rings. The van der Waals surface area contributed by atoms with Crippen molar-refractivity contribution in [2.24, 2.45) is 0 Å². The molecule has 78 valence electrons. The lowest BCUT2D eigenvalue weighted by molar-refractivity contribution is 0.414. The zero-order chi connectivity index (χ0) is 10.6. The van der Waals surface area contributed by atoms with Crippen LogP contribution >= 0.6 is 23.2 Å². The van der Waals surface area contributed by atoms with E-state index in [1.807, 2.05) is 12.1 Å². The summed E-state index contributed by atoms with van der Waals surface area (Å²) in [6.07, 6.45) is 3.34. The normalized spacial score (nSPS) is 10.3. The smallest absolute Gasteiger partial charge is 0.139 e. The second kappa shape index (κ2) is 5.47. The molecule has 1 aromatic carbocycles. The summed E-state index contributed by atoms with van der Waals surface area (Å²) in [4.78, 5) is 0. The first-order valence-corrected chi connectivity index (χ1v) is 5.46. The Morgan fingerprint density at radius 3 is 2.57 bits per heavy atom. The van der Waals surface area contributed by atoms with E-state index in [0.717, 1.165) is 12.8 Å². The van der Waals surface area contributed by atoms with Crippen molar-refractivity contribution in [1.82, 2.24) is 0 Å². The van der Waals surface area contributed by atoms with Gasteiger partial charge in [-0.05, 0) is 30.5 Å². The fraction of sp³-hybridized carbons (Fsp3) is 0.455. The molecule has 0 atom stereocenters. The Morgan fingerprint density at radius 1 is 1.29 bits per heavy atom. The maximum Gasteiger partial charge on any atom is 0.139 e. The minimum absolute atomic E-state index is 0.495. The third kappa shape index (κ3) is 2.79. The van der Waals surface area contributed by atoms with Crippen LogP contribution in [0.25, 0.3) is 0 Å². The van der Waals surface area contributed by atoms with Crippen LogP contribution in [-0.2, 0) is 6.42 Å². The first kappa shape index (κ1) is 11.7. The highest BCUT2D eigenvalue weighted by molar-refractivity contribution is 6.43. The number of hydrogen-bond donors (Lipinski definition) is 0. The van der Waals surface area contributed by atoms with Crippen molar-refractivity contribution in [3.8, 4) is 5.75 Å². The first-order chi connectivity index (χ1) is 6.69. The van der Waals surface area contributed by atoms with E-state index in [0.29, 0.717) is 15.8 Å². The van der Waals surface area contributed by atoms with Gasteiger partial charge in [-0.1, -0.05) is 36.5 Å². The summed E-state index contributed by atoms with van der Waals surface area (Å²) in [6, 6.07) is 3.85. The summed E-state index contributed by atoms with van der Waals surface area (Å²) in [5.41, 5.74) is 1.18. The zero-order valence-corrected chi connectivity index (χ0v) is 9.95. The second-order valence-corrected chi connectivity index (χ2v) is 3.98. The number of halogens is 2. The van der Waals surface area contributed by atoms with Gasteiger partial charge in [-0.25, -0.2) is 0 Å². The van der Waals surface area contributed by atoms with Crippen molar-refractivity contribution in [2.45, 2.75) is 26.2 Å². The summed E-state index contributed by atoms with van der Waals surface area (Å²) >= 11 is 11.9. The van der Waals surface area contributed by atoms with E-state index in [9.17, 15) is 0 Å². The minimum Gasteiger partial charge on any atom is -0.495 e. The lowest BCUT2D eigenvalue weighted by Gasteiger charge is -2.08. The van der Waals surface area contributed by atoms with Crippen molar-refractivity contribution < 1.29 is 4.74 Å². The Morgan fingerprint density at radius 2 is 2.00 bits per heavy atom. The minimum atomic E-state index is 0.495. The van der Waals surface area contributed by atoms with Gasteiger partial charge in [0.1, 0.15) is 10.8 Å². The van der Waals surface area contributed by atoms with Gasteiger partial charge in [0.15, 0.2) is 0 Å². The highest BCUT2D eigenvalue weighted by atomic mass is 35.5. The Hall–Kier alpha value is -0.400. The number of hydrogen-bond acceptors (Lipinski definition) is 1. The molecule has 3 heteroatoms. The number of rotatable bonds is 4. The third-order valence-corrected chi connectivity index (χ3v) is 2.88. The molecule has 0 unspecified atom stereocenters. The van der Waals surface area contributed by atoms with Gasteiger partial charge in [0.25, 0.3) is 0 Å². The molecule has 1 aromatic rings. The van der Waals surface area contributed by atoms with Gasteiger partial charge in [-0.3, -0.25) is 0 Å². The van der Waals surface area contributed by atoms with Gasteiger partial charge in [-0.2, -0.15) is 0 Å². The number of benzene rings is 1. The molecule has 1 rings (SSSR count). The SMILES string of the molecule is CCCCc1cc(Cl)c(Cl)c(OC)c1. The molecule has 0 aromatic heterocycles. The quantitative estimate of drug-likeness (QED) is 0.751. The van der Waals surface area contributed by atoms with Crippen LogP contribution in [0.3, 0.4) is 0 Å². The average molecular weight is 233 g/mol. The van der Waals surface area contributed by atoms with Gasteiger partial charge in [-0.15, -0.1) is 0 Å². The molecule has 0 saturated carbocycles. The van der Waals surface area contributed by atoms with E-state index in [1.54, 1.807) is 7.11 Å². The monoisotopic (exact) mass is 232 g/mol. The van der Waals surface area contributed by atoms with E-state index in [4.69, 9.17) is 27.9 Å². The van der Waals surface area contributed by atoms with E-state index >= 15 is 0 Å². The van der Waals surface area contributed by atoms with E-state index in [1.165, 1.54) is 12.0 Å². The highest BCUT2D eigenvalue weighted by Crippen LogP contribution is 2.33. The molecule has 0 N–H and O–H groups in total. The second-order valence-electron chi connectivity index (χ2n) is 3.20. The van der Waals surface area contributed by atoms with Crippen molar-refractivity contribution >= 4 is 23.2 Å². The predicted octanol–water partition coefficient (Wildman–Crippen LogP) is 4.34. The Balaban J connectivity index is 2.91. The molecule has 14 heavy (non-hydrogen) atoms. The van der Waals surface area contributed by atoms with Crippen LogP contribution < -0.4 is 4.74 Å². The maximum absolute atomic E-state index is 5.96. The fourth-order valence-corrected chi connectivity index (χ4v) is 1.71. The number of methoxy groups -OCH3 is 1. The molecular formula is C11H14Cl2O. The van der Waals surface area contributed by atoms with Crippen LogP contribution in [0, 0.1) is 0 Å². The summed E-state index contributed by atoms with van der Waals surface area (Å²) in [6.45, 7) is 2.16. The molecule has 0 bridgehead atoms. The Kier molecular flexibility index (Phi) is 4.56. The highest BCUT2D eigenvalue weighted by Gasteiger charge is 2.07. The van der Waals surface area contributed by atoms with Gasteiger partial charge in [0, 0.05) is 0 Å². The lowest BCUT2D eigenvalue weighted by atomic mass is 10.1. The van der Waals surface area contributed by atoms with Crippen LogP contribution in [-0.4, -0.2) is 7.11 Å². The molecule has 0 radical (unpaired) electrons. The summed E-state index contributed by atoms with van der Waals surface area (Å²) in [5.74, 6) is 0.658. The van der Waals surface area contributed by atoms with Gasteiger partial charge in [0.2, 0.25) is 0 Å². The Labute approximate surface area is 95.0 Å². The number of aryl methyl sites for hydroxylation is 1. The average Bonchev–Trinajstić information content (AvgIpc) is 2.19.